The van der Waals surface area contributed by atoms with Crippen LogP contribution in [-0.2, 0) is 0 Å². The largest absolute Gasteiger partial charge is 0.454 e. The lowest BCUT2D eigenvalue weighted by atomic mass is 9.94. The quantitative estimate of drug-likeness (QED) is 0.134. The molecule has 4 heteroatoms. The van der Waals surface area contributed by atoms with Gasteiger partial charge in [-0.15, -0.1) is 11.3 Å². The number of anilines is 6. The highest BCUT2D eigenvalue weighted by molar-refractivity contribution is 7.27. The predicted molar refractivity (Wildman–Crippen MR) is 307 cm³/mol. The first kappa shape index (κ1) is 41.7. The van der Waals surface area contributed by atoms with Gasteiger partial charge in [-0.05, 0) is 105 Å². The first-order valence-electron chi connectivity index (χ1n) is 24.5. The van der Waals surface area contributed by atoms with Crippen LogP contribution >= 0.6 is 11.3 Å². The average molecular weight is 937 g/mol. The summed E-state index contributed by atoms with van der Waals surface area (Å²) in [4.78, 5) is 4.76. The predicted octanol–water partition coefficient (Wildman–Crippen LogP) is 20.2. The third kappa shape index (κ3) is 6.95. The Balaban J connectivity index is 0.906. The molecular weight excluding hydrogens is 893 g/mol. The number of hydrogen-bond acceptors (Lipinski definition) is 4. The van der Waals surface area contributed by atoms with E-state index in [-0.39, 0.29) is 0 Å². The molecule has 0 radical (unpaired) electrons. The number of nitrogens with zero attached hydrogens (tertiary/aromatic N) is 2. The second-order valence-electron chi connectivity index (χ2n) is 18.4. The smallest absolute Gasteiger partial charge is 0.159 e. The third-order valence-electron chi connectivity index (χ3n) is 14.2. The minimum atomic E-state index is 0.863. The van der Waals surface area contributed by atoms with E-state index in [9.17, 15) is 0 Å². The first-order chi connectivity index (χ1) is 35.7. The molecule has 0 atom stereocenters. The van der Waals surface area contributed by atoms with Crippen LogP contribution in [0.25, 0.3) is 97.0 Å². The molecule has 2 aromatic heterocycles. The van der Waals surface area contributed by atoms with Crippen molar-refractivity contribution in [3.8, 4) is 33.4 Å². The standard InChI is InChI=1S/C68H44N2OS/c1-4-19-46(20-5-1)52-25-12-15-31-61(52)69(49-23-8-3-9-24-49)50-38-35-45(36-39-50)48-37-41-58-60(43-48)54-27-10-11-29-56(54)66-59-42-40-51(44-65(59)72-68(58)66)70(62-32-16-13-26-53(62)47-21-6-2-7-22-47)63-33-18-30-57-55-28-14-17-34-64(55)71-67(57)63/h1-44H. The van der Waals surface area contributed by atoms with Crippen molar-refractivity contribution in [3.05, 3.63) is 267 Å². The number of furan rings is 1. The number of rotatable bonds is 9. The maximum Gasteiger partial charge on any atom is 0.159 e. The van der Waals surface area contributed by atoms with Crippen molar-refractivity contribution in [3.63, 3.8) is 0 Å². The minimum Gasteiger partial charge on any atom is -0.454 e. The second-order valence-corrected chi connectivity index (χ2v) is 19.4. The number of fused-ring (bicyclic) bond motifs is 11. The lowest BCUT2D eigenvalue weighted by molar-refractivity contribution is 0.669. The number of hydrogen-bond donors (Lipinski definition) is 0. The van der Waals surface area contributed by atoms with Gasteiger partial charge < -0.3 is 14.2 Å². The zero-order chi connectivity index (χ0) is 47.5. The SMILES string of the molecule is c1ccc(-c2ccccc2N(c2ccccc2)c2ccc(-c3ccc4c(c3)c3ccccc3c3c5ccc(N(c6ccccc6-c6ccccc6)c6cccc7c6oc6ccccc67)cc5sc43)cc2)cc1. The van der Waals surface area contributed by atoms with E-state index in [2.05, 4.69) is 271 Å². The molecule has 3 nitrogen and oxygen atoms in total. The molecule has 338 valence electrons. The summed E-state index contributed by atoms with van der Waals surface area (Å²) in [6.45, 7) is 0. The van der Waals surface area contributed by atoms with Gasteiger partial charge in [0.1, 0.15) is 5.58 Å². The molecule has 0 saturated carbocycles. The average Bonchev–Trinajstić information content (AvgIpc) is 4.04. The lowest BCUT2D eigenvalue weighted by Gasteiger charge is -2.28. The molecule has 0 spiro atoms. The van der Waals surface area contributed by atoms with Crippen LogP contribution in [0.3, 0.4) is 0 Å². The van der Waals surface area contributed by atoms with E-state index in [0.717, 1.165) is 67.2 Å². The fourth-order valence-corrected chi connectivity index (χ4v) is 12.2. The molecule has 0 unspecified atom stereocenters. The highest BCUT2D eigenvalue weighted by Gasteiger charge is 2.24. The first-order valence-corrected chi connectivity index (χ1v) is 25.3. The van der Waals surface area contributed by atoms with Crippen molar-refractivity contribution in [2.75, 3.05) is 9.80 Å². The van der Waals surface area contributed by atoms with E-state index >= 15 is 0 Å². The van der Waals surface area contributed by atoms with Gasteiger partial charge in [0.2, 0.25) is 0 Å². The topological polar surface area (TPSA) is 19.6 Å². The number of benzene rings is 12. The molecular formula is C68H44N2OS. The molecule has 14 aromatic rings. The molecule has 2 heterocycles. The van der Waals surface area contributed by atoms with E-state index < -0.39 is 0 Å². The van der Waals surface area contributed by atoms with Crippen LogP contribution in [-0.4, -0.2) is 0 Å². The van der Waals surface area contributed by atoms with Gasteiger partial charge in [-0.25, -0.2) is 0 Å². The Morgan fingerprint density at radius 2 is 0.819 bits per heavy atom. The van der Waals surface area contributed by atoms with Crippen molar-refractivity contribution in [1.82, 2.24) is 0 Å². The van der Waals surface area contributed by atoms with E-state index in [0.29, 0.717) is 0 Å². The molecule has 0 N–H and O–H groups in total. The van der Waals surface area contributed by atoms with Gasteiger partial charge in [0.05, 0.1) is 17.1 Å². The lowest BCUT2D eigenvalue weighted by Crippen LogP contribution is -2.11. The summed E-state index contributed by atoms with van der Waals surface area (Å²) in [7, 11) is 0. The van der Waals surface area contributed by atoms with Crippen LogP contribution in [0.2, 0.25) is 0 Å². The van der Waals surface area contributed by atoms with Crippen molar-refractivity contribution in [1.29, 1.82) is 0 Å². The fraction of sp³-hybridized carbons (Fsp3) is 0. The van der Waals surface area contributed by atoms with Crippen molar-refractivity contribution >= 4 is 109 Å². The summed E-state index contributed by atoms with van der Waals surface area (Å²) in [6.07, 6.45) is 0. The minimum absolute atomic E-state index is 0.863. The summed E-state index contributed by atoms with van der Waals surface area (Å²) in [6, 6.07) is 96.3. The van der Waals surface area contributed by atoms with Crippen molar-refractivity contribution in [2.45, 2.75) is 0 Å². The summed E-state index contributed by atoms with van der Waals surface area (Å²) < 4.78 is 9.29. The summed E-state index contributed by atoms with van der Waals surface area (Å²) in [5.74, 6) is 0. The normalized spacial score (nSPS) is 11.6. The Labute approximate surface area is 421 Å². The Kier molecular flexibility index (Phi) is 10.0. The highest BCUT2D eigenvalue weighted by atomic mass is 32.1. The Bertz CT molecular complexity index is 4330. The second kappa shape index (κ2) is 17.3. The van der Waals surface area contributed by atoms with Crippen LogP contribution in [0, 0.1) is 0 Å². The summed E-state index contributed by atoms with van der Waals surface area (Å²) >= 11 is 1.88. The van der Waals surface area contributed by atoms with Crippen LogP contribution in [0.5, 0.6) is 0 Å². The molecule has 72 heavy (non-hydrogen) atoms. The van der Waals surface area contributed by atoms with Gasteiger partial charge in [0.15, 0.2) is 5.58 Å². The Morgan fingerprint density at radius 3 is 1.54 bits per heavy atom. The molecule has 0 saturated heterocycles. The van der Waals surface area contributed by atoms with E-state index in [1.165, 1.54) is 64.0 Å². The van der Waals surface area contributed by atoms with Crippen LogP contribution in [0.15, 0.2) is 271 Å². The highest BCUT2D eigenvalue weighted by Crippen LogP contribution is 2.50. The van der Waals surface area contributed by atoms with Gasteiger partial charge in [-0.1, -0.05) is 200 Å². The molecule has 0 bridgehead atoms. The summed E-state index contributed by atoms with van der Waals surface area (Å²) in [5, 5.41) is 9.80. The monoisotopic (exact) mass is 936 g/mol. The molecule has 0 aliphatic rings. The molecule has 0 amide bonds. The van der Waals surface area contributed by atoms with E-state index in [4.69, 9.17) is 4.42 Å². The van der Waals surface area contributed by atoms with Crippen molar-refractivity contribution in [2.24, 2.45) is 0 Å². The van der Waals surface area contributed by atoms with E-state index in [1.807, 2.05) is 17.4 Å². The number of para-hydroxylation sites is 5. The summed E-state index contributed by atoms with van der Waals surface area (Å²) in [5.41, 5.74) is 15.3. The maximum atomic E-state index is 6.76. The van der Waals surface area contributed by atoms with Crippen LogP contribution < -0.4 is 9.80 Å². The zero-order valence-electron chi connectivity index (χ0n) is 39.1. The van der Waals surface area contributed by atoms with Gasteiger partial charge >= 0.3 is 0 Å². The Morgan fingerprint density at radius 1 is 0.292 bits per heavy atom. The number of thiophene rings is 1. The van der Waals surface area contributed by atoms with Crippen LogP contribution in [0.1, 0.15) is 0 Å². The fourth-order valence-electron chi connectivity index (χ4n) is 10.9. The molecule has 14 rings (SSSR count). The van der Waals surface area contributed by atoms with Gasteiger partial charge in [-0.2, -0.15) is 0 Å². The molecule has 0 aliphatic carbocycles. The Hall–Kier alpha value is -9.22. The molecule has 12 aromatic carbocycles. The zero-order valence-corrected chi connectivity index (χ0v) is 39.9. The molecule has 0 fully saturated rings. The van der Waals surface area contributed by atoms with E-state index in [1.54, 1.807) is 0 Å². The maximum absolute atomic E-state index is 6.76. The van der Waals surface area contributed by atoms with Gasteiger partial charge in [0, 0.05) is 64.5 Å². The van der Waals surface area contributed by atoms with Gasteiger partial charge in [0.25, 0.3) is 0 Å². The third-order valence-corrected chi connectivity index (χ3v) is 15.4. The molecule has 0 aliphatic heterocycles. The van der Waals surface area contributed by atoms with Gasteiger partial charge in [-0.3, -0.25) is 0 Å². The van der Waals surface area contributed by atoms with Crippen molar-refractivity contribution < 1.29 is 4.42 Å². The van der Waals surface area contributed by atoms with Crippen LogP contribution in [0.4, 0.5) is 34.1 Å².